The van der Waals surface area contributed by atoms with E-state index < -0.39 is 0 Å². The van der Waals surface area contributed by atoms with Crippen LogP contribution < -0.4 is 0 Å². The molecule has 4 heteroatoms. The van der Waals surface area contributed by atoms with Crippen molar-refractivity contribution in [3.8, 4) is 0 Å². The molecule has 0 aromatic rings. The number of rotatable bonds is 14. The smallest absolute Gasteiger partial charge is 0.133 e. The van der Waals surface area contributed by atoms with Crippen LogP contribution in [0.2, 0.25) is 0 Å². The van der Waals surface area contributed by atoms with Crippen molar-refractivity contribution in [1.82, 2.24) is 0 Å². The Balaban J connectivity index is 0. The first kappa shape index (κ1) is 24.3. The highest BCUT2D eigenvalue weighted by Gasteiger charge is 1.99. The molecule has 0 bridgehead atoms. The molecule has 0 radical (unpaired) electrons. The van der Waals surface area contributed by atoms with Crippen molar-refractivity contribution in [2.45, 2.75) is 90.9 Å². The quantitative estimate of drug-likeness (QED) is 0.312. The van der Waals surface area contributed by atoms with Crippen LogP contribution in [-0.4, -0.2) is 23.1 Å². The molecular weight excluding hydrogens is 312 g/mol. The van der Waals surface area contributed by atoms with Crippen LogP contribution in [0.1, 0.15) is 90.9 Å². The van der Waals surface area contributed by atoms with Crippen molar-refractivity contribution in [3.63, 3.8) is 0 Å². The third-order valence-corrected chi connectivity index (χ3v) is 3.85. The van der Waals surface area contributed by atoms with E-state index in [0.29, 0.717) is 35.9 Å². The lowest BCUT2D eigenvalue weighted by molar-refractivity contribution is -0.119. The van der Waals surface area contributed by atoms with Gasteiger partial charge < -0.3 is 0 Å². The van der Waals surface area contributed by atoms with Gasteiger partial charge in [-0.3, -0.25) is 9.59 Å². The molecule has 0 amide bonds. The molecule has 22 heavy (non-hydrogen) atoms. The molecule has 0 aromatic carbocycles. The first-order valence-electron chi connectivity index (χ1n) is 8.87. The fourth-order valence-corrected chi connectivity index (χ4v) is 2.50. The van der Waals surface area contributed by atoms with Gasteiger partial charge in [0.15, 0.2) is 0 Å². The zero-order chi connectivity index (χ0) is 17.1. The summed E-state index contributed by atoms with van der Waals surface area (Å²) in [6.07, 6.45) is 12.4. The largest absolute Gasteiger partial charge is 0.300 e. The van der Waals surface area contributed by atoms with E-state index >= 15 is 0 Å². The molecule has 0 rings (SSSR count). The number of ketones is 2. The summed E-state index contributed by atoms with van der Waals surface area (Å²) in [5.74, 6) is 2.14. The maximum Gasteiger partial charge on any atom is 0.133 e. The third-order valence-electron chi connectivity index (χ3n) is 3.40. The van der Waals surface area contributed by atoms with Gasteiger partial charge in [-0.1, -0.05) is 52.4 Å². The topological polar surface area (TPSA) is 34.1 Å². The Labute approximate surface area is 149 Å². The number of hydrogen-bond acceptors (Lipinski definition) is 4. The second kappa shape index (κ2) is 21.0. The summed E-state index contributed by atoms with van der Waals surface area (Å²) in [6, 6.07) is 0. The minimum absolute atomic E-state index is 0.371. The first-order valence-corrected chi connectivity index (χ1v) is 10.1. The molecule has 0 atom stereocenters. The Morgan fingerprint density at radius 1 is 0.591 bits per heavy atom. The van der Waals surface area contributed by atoms with Crippen LogP contribution in [0, 0.1) is 0 Å². The molecule has 2 nitrogen and oxygen atoms in total. The van der Waals surface area contributed by atoms with E-state index in [9.17, 15) is 9.59 Å². The van der Waals surface area contributed by atoms with Gasteiger partial charge in [-0.2, -0.15) is 25.3 Å². The molecule has 0 N–H and O–H groups in total. The number of hydrogen-bond donors (Lipinski definition) is 2. The van der Waals surface area contributed by atoms with Crippen LogP contribution in [0.25, 0.3) is 0 Å². The summed E-state index contributed by atoms with van der Waals surface area (Å²) in [7, 11) is 0. The summed E-state index contributed by atoms with van der Waals surface area (Å²) < 4.78 is 0. The van der Waals surface area contributed by atoms with Gasteiger partial charge in [0.2, 0.25) is 0 Å². The van der Waals surface area contributed by atoms with Crippen molar-refractivity contribution in [3.05, 3.63) is 0 Å². The molecule has 0 saturated carbocycles. The minimum atomic E-state index is 0.371. The van der Waals surface area contributed by atoms with Crippen molar-refractivity contribution in [2.75, 3.05) is 11.5 Å². The van der Waals surface area contributed by atoms with Crippen LogP contribution in [0.4, 0.5) is 0 Å². The highest BCUT2D eigenvalue weighted by molar-refractivity contribution is 7.80. The third kappa shape index (κ3) is 22.3. The van der Waals surface area contributed by atoms with E-state index in [-0.39, 0.29) is 0 Å². The second-order valence-electron chi connectivity index (χ2n) is 5.65. The van der Waals surface area contributed by atoms with Gasteiger partial charge in [0, 0.05) is 25.7 Å². The zero-order valence-electron chi connectivity index (χ0n) is 14.6. The van der Waals surface area contributed by atoms with E-state index in [1.54, 1.807) is 0 Å². The number of carbonyl (C=O) groups excluding carboxylic acids is 2. The number of Topliss-reactive ketones (excluding diaryl/α,β-unsaturated/α-hetero) is 2. The summed E-state index contributed by atoms with van der Waals surface area (Å²) in [5.41, 5.74) is 0. The van der Waals surface area contributed by atoms with E-state index in [4.69, 9.17) is 0 Å². The van der Waals surface area contributed by atoms with Crippen LogP contribution in [0.5, 0.6) is 0 Å². The van der Waals surface area contributed by atoms with E-state index in [1.165, 1.54) is 38.5 Å². The van der Waals surface area contributed by atoms with Gasteiger partial charge in [0.25, 0.3) is 0 Å². The van der Waals surface area contributed by atoms with Gasteiger partial charge in [-0.05, 0) is 24.3 Å². The van der Waals surface area contributed by atoms with Crippen molar-refractivity contribution < 1.29 is 9.59 Å². The maximum absolute atomic E-state index is 11.0. The molecule has 0 spiro atoms. The first-order chi connectivity index (χ1) is 10.6. The van der Waals surface area contributed by atoms with E-state index in [0.717, 1.165) is 25.7 Å². The van der Waals surface area contributed by atoms with Gasteiger partial charge in [-0.15, -0.1) is 0 Å². The van der Waals surface area contributed by atoms with Gasteiger partial charge in [0.05, 0.1) is 0 Å². The van der Waals surface area contributed by atoms with E-state index in [2.05, 4.69) is 39.1 Å². The summed E-state index contributed by atoms with van der Waals surface area (Å²) in [4.78, 5) is 21.9. The lowest BCUT2D eigenvalue weighted by atomic mass is 10.1. The predicted molar refractivity (Wildman–Crippen MR) is 104 cm³/mol. The highest BCUT2D eigenvalue weighted by Crippen LogP contribution is 2.05. The Kier molecular flexibility index (Phi) is 23.2. The molecule has 0 aromatic heterocycles. The highest BCUT2D eigenvalue weighted by atomic mass is 32.1. The van der Waals surface area contributed by atoms with E-state index in [1.807, 2.05) is 0 Å². The lowest BCUT2D eigenvalue weighted by Crippen LogP contribution is -1.97. The van der Waals surface area contributed by atoms with Crippen molar-refractivity contribution in [2.24, 2.45) is 0 Å². The standard InChI is InChI=1S/2C9H18OS/c2*1-2-3-4-5-6-9(10)7-8-11/h2*11H,2-8H2,1H3. The second-order valence-corrected chi connectivity index (χ2v) is 6.54. The van der Waals surface area contributed by atoms with Crippen molar-refractivity contribution >= 4 is 36.8 Å². The SMILES string of the molecule is CCCCCCC(=O)CCS.CCCCCCC(=O)CCS. The molecule has 0 fully saturated rings. The minimum Gasteiger partial charge on any atom is -0.300 e. The molecule has 0 aliphatic heterocycles. The molecule has 0 saturated heterocycles. The molecule has 132 valence electrons. The van der Waals surface area contributed by atoms with Crippen LogP contribution >= 0.6 is 25.3 Å². The Hall–Kier alpha value is 0.0400. The molecular formula is C18H36O2S2. The van der Waals surface area contributed by atoms with Crippen LogP contribution in [0.15, 0.2) is 0 Å². The van der Waals surface area contributed by atoms with Crippen LogP contribution in [-0.2, 0) is 9.59 Å². The molecule has 0 heterocycles. The molecule has 0 unspecified atom stereocenters. The fourth-order valence-electron chi connectivity index (χ4n) is 2.00. The lowest BCUT2D eigenvalue weighted by Gasteiger charge is -1.97. The summed E-state index contributed by atoms with van der Waals surface area (Å²) in [6.45, 7) is 4.35. The zero-order valence-corrected chi connectivity index (χ0v) is 16.4. The average Bonchev–Trinajstić information content (AvgIpc) is 2.49. The summed E-state index contributed by atoms with van der Waals surface area (Å²) >= 11 is 8.01. The Morgan fingerprint density at radius 3 is 1.23 bits per heavy atom. The van der Waals surface area contributed by atoms with Gasteiger partial charge in [0.1, 0.15) is 11.6 Å². The van der Waals surface area contributed by atoms with Gasteiger partial charge in [-0.25, -0.2) is 0 Å². The Morgan fingerprint density at radius 2 is 0.955 bits per heavy atom. The van der Waals surface area contributed by atoms with Gasteiger partial charge >= 0.3 is 0 Å². The Bertz CT molecular complexity index is 229. The van der Waals surface area contributed by atoms with Crippen molar-refractivity contribution in [1.29, 1.82) is 0 Å². The number of thiol groups is 2. The predicted octanol–water partition coefficient (Wildman–Crippen LogP) is 5.69. The monoisotopic (exact) mass is 348 g/mol. The number of unbranched alkanes of at least 4 members (excludes halogenated alkanes) is 6. The molecule has 0 aliphatic carbocycles. The number of carbonyl (C=O) groups is 2. The average molecular weight is 349 g/mol. The molecule has 0 aliphatic rings. The summed E-state index contributed by atoms with van der Waals surface area (Å²) in [5, 5.41) is 0. The fraction of sp³-hybridized carbons (Fsp3) is 0.889. The van der Waals surface area contributed by atoms with Crippen LogP contribution in [0.3, 0.4) is 0 Å². The maximum atomic E-state index is 11.0. The normalized spacial score (nSPS) is 10.0.